The molecule has 2 aromatic rings. The van der Waals surface area contributed by atoms with Crippen LogP contribution in [-0.2, 0) is 0 Å². The maximum Gasteiger partial charge on any atom is 0.202 e. The Morgan fingerprint density at radius 1 is 1.05 bits per heavy atom. The molecule has 0 spiro atoms. The van der Waals surface area contributed by atoms with E-state index in [2.05, 4.69) is 0 Å². The van der Waals surface area contributed by atoms with Crippen LogP contribution in [0.25, 0.3) is 0 Å². The number of hydrogen-bond acceptors (Lipinski definition) is 2. The van der Waals surface area contributed by atoms with Crippen LogP contribution in [0.15, 0.2) is 30.3 Å². The molecule has 0 unspecified atom stereocenters. The molecule has 2 nitrogen and oxygen atoms in total. The number of carbonyl (C=O) groups excluding carboxylic acids is 1. The van der Waals surface area contributed by atoms with Crippen molar-refractivity contribution in [3.8, 4) is 5.75 Å². The minimum Gasteiger partial charge on any atom is -0.496 e. The van der Waals surface area contributed by atoms with Gasteiger partial charge < -0.3 is 4.74 Å². The number of rotatable bonds is 3. The summed E-state index contributed by atoms with van der Waals surface area (Å²) in [6, 6.07) is 5.63. The highest BCUT2D eigenvalue weighted by Gasteiger charge is 2.23. The van der Waals surface area contributed by atoms with Gasteiger partial charge in [-0.15, -0.1) is 0 Å². The normalized spacial score (nSPS) is 10.4. The van der Waals surface area contributed by atoms with E-state index in [0.717, 1.165) is 5.56 Å². The average molecular weight is 280 g/mol. The van der Waals surface area contributed by atoms with Crippen molar-refractivity contribution >= 4 is 5.78 Å². The Kier molecular flexibility index (Phi) is 3.79. The lowest BCUT2D eigenvalue weighted by Crippen LogP contribution is -2.10. The van der Waals surface area contributed by atoms with E-state index in [1.807, 2.05) is 0 Å². The van der Waals surface area contributed by atoms with Crippen molar-refractivity contribution in [3.63, 3.8) is 0 Å². The summed E-state index contributed by atoms with van der Waals surface area (Å²) in [6.45, 7) is 1.73. The first-order chi connectivity index (χ1) is 9.43. The van der Waals surface area contributed by atoms with E-state index < -0.39 is 28.8 Å². The van der Waals surface area contributed by atoms with Gasteiger partial charge in [0.1, 0.15) is 23.2 Å². The molecule has 0 bridgehead atoms. The van der Waals surface area contributed by atoms with Gasteiger partial charge in [-0.2, -0.15) is 0 Å². The summed E-state index contributed by atoms with van der Waals surface area (Å²) in [5.74, 6) is -4.25. The highest BCUT2D eigenvalue weighted by Crippen LogP contribution is 2.25. The molecule has 20 heavy (non-hydrogen) atoms. The molecular weight excluding hydrogens is 269 g/mol. The second-order valence-corrected chi connectivity index (χ2v) is 4.28. The molecule has 2 aromatic carbocycles. The molecule has 5 heteroatoms. The Balaban J connectivity index is 2.60. The molecule has 0 aliphatic carbocycles. The van der Waals surface area contributed by atoms with Gasteiger partial charge in [0.2, 0.25) is 5.78 Å². The standard InChI is InChI=1S/C15H11F3O2/c1-8-3-4-13(20-2)10(5-8)15(19)14-11(17)6-9(16)7-12(14)18/h3-7H,1-2H3. The van der Waals surface area contributed by atoms with Crippen LogP contribution in [-0.4, -0.2) is 12.9 Å². The Morgan fingerprint density at radius 2 is 1.65 bits per heavy atom. The van der Waals surface area contributed by atoms with Crippen molar-refractivity contribution in [3.05, 3.63) is 64.5 Å². The van der Waals surface area contributed by atoms with Crippen LogP contribution >= 0.6 is 0 Å². The average Bonchev–Trinajstić information content (AvgIpc) is 2.37. The first-order valence-corrected chi connectivity index (χ1v) is 5.78. The van der Waals surface area contributed by atoms with Crippen molar-refractivity contribution in [2.75, 3.05) is 7.11 Å². The Labute approximate surface area is 113 Å². The fraction of sp³-hybridized carbons (Fsp3) is 0.133. The third kappa shape index (κ3) is 2.52. The number of aryl methyl sites for hydroxylation is 1. The Bertz CT molecular complexity index is 658. The minimum absolute atomic E-state index is 0.0249. The van der Waals surface area contributed by atoms with Gasteiger partial charge in [0.25, 0.3) is 0 Å². The molecule has 0 aromatic heterocycles. The van der Waals surface area contributed by atoms with Crippen molar-refractivity contribution < 1.29 is 22.7 Å². The van der Waals surface area contributed by atoms with Crippen molar-refractivity contribution in [2.45, 2.75) is 6.92 Å². The molecule has 2 rings (SSSR count). The van der Waals surface area contributed by atoms with E-state index in [1.54, 1.807) is 13.0 Å². The summed E-state index contributed by atoms with van der Waals surface area (Å²) < 4.78 is 45.2. The maximum atomic E-state index is 13.6. The largest absolute Gasteiger partial charge is 0.496 e. The van der Waals surface area contributed by atoms with Crippen LogP contribution in [0.2, 0.25) is 0 Å². The highest BCUT2D eigenvalue weighted by atomic mass is 19.1. The van der Waals surface area contributed by atoms with Crippen molar-refractivity contribution in [1.29, 1.82) is 0 Å². The molecule has 104 valence electrons. The van der Waals surface area contributed by atoms with E-state index in [9.17, 15) is 18.0 Å². The zero-order valence-corrected chi connectivity index (χ0v) is 10.8. The third-order valence-corrected chi connectivity index (χ3v) is 2.83. The number of ketones is 1. The number of carbonyl (C=O) groups is 1. The molecule has 0 N–H and O–H groups in total. The van der Waals surface area contributed by atoms with E-state index in [-0.39, 0.29) is 11.3 Å². The lowest BCUT2D eigenvalue weighted by atomic mass is 9.99. The SMILES string of the molecule is COc1ccc(C)cc1C(=O)c1c(F)cc(F)cc1F. The molecule has 0 saturated carbocycles. The number of ether oxygens (including phenoxy) is 1. The molecule has 0 aliphatic rings. The molecule has 0 radical (unpaired) electrons. The molecular formula is C15H11F3O2. The second kappa shape index (κ2) is 5.36. The summed E-state index contributed by atoms with van der Waals surface area (Å²) >= 11 is 0. The zero-order chi connectivity index (χ0) is 14.9. The quantitative estimate of drug-likeness (QED) is 0.802. The summed E-state index contributed by atoms with van der Waals surface area (Å²) in [4.78, 5) is 12.2. The van der Waals surface area contributed by atoms with Gasteiger partial charge in [0.05, 0.1) is 18.2 Å². The summed E-state index contributed by atoms with van der Waals surface area (Å²) in [5, 5.41) is 0. The lowest BCUT2D eigenvalue weighted by molar-refractivity contribution is 0.102. The summed E-state index contributed by atoms with van der Waals surface area (Å²) in [7, 11) is 1.35. The van der Waals surface area contributed by atoms with E-state index in [4.69, 9.17) is 4.74 Å². The molecule has 0 amide bonds. The smallest absolute Gasteiger partial charge is 0.202 e. The van der Waals surface area contributed by atoms with Crippen LogP contribution in [0.3, 0.4) is 0 Å². The van der Waals surface area contributed by atoms with E-state index in [1.165, 1.54) is 19.2 Å². The van der Waals surface area contributed by atoms with Gasteiger partial charge in [-0.1, -0.05) is 11.6 Å². The third-order valence-electron chi connectivity index (χ3n) is 2.83. The predicted molar refractivity (Wildman–Crippen MR) is 67.5 cm³/mol. The van der Waals surface area contributed by atoms with Crippen molar-refractivity contribution in [2.24, 2.45) is 0 Å². The van der Waals surface area contributed by atoms with Crippen LogP contribution < -0.4 is 4.74 Å². The van der Waals surface area contributed by atoms with Crippen LogP contribution in [0.4, 0.5) is 13.2 Å². The highest BCUT2D eigenvalue weighted by molar-refractivity contribution is 6.11. The summed E-state index contributed by atoms with van der Waals surface area (Å²) in [6.07, 6.45) is 0. The van der Waals surface area contributed by atoms with Gasteiger partial charge >= 0.3 is 0 Å². The number of hydrogen-bond donors (Lipinski definition) is 0. The van der Waals surface area contributed by atoms with Gasteiger partial charge in [-0.05, 0) is 19.1 Å². The molecule has 0 aliphatic heterocycles. The zero-order valence-electron chi connectivity index (χ0n) is 10.8. The molecule has 0 saturated heterocycles. The Hall–Kier alpha value is -2.30. The van der Waals surface area contributed by atoms with Gasteiger partial charge in [0, 0.05) is 12.1 Å². The molecule has 0 fully saturated rings. The minimum atomic E-state index is -1.24. The number of benzene rings is 2. The topological polar surface area (TPSA) is 26.3 Å². The van der Waals surface area contributed by atoms with Crippen LogP contribution in [0.5, 0.6) is 5.75 Å². The monoisotopic (exact) mass is 280 g/mol. The van der Waals surface area contributed by atoms with Gasteiger partial charge in [-0.25, -0.2) is 13.2 Å². The van der Waals surface area contributed by atoms with E-state index in [0.29, 0.717) is 12.1 Å². The van der Waals surface area contributed by atoms with Crippen LogP contribution in [0, 0.1) is 24.4 Å². The number of methoxy groups -OCH3 is 1. The fourth-order valence-corrected chi connectivity index (χ4v) is 1.89. The van der Waals surface area contributed by atoms with E-state index >= 15 is 0 Å². The van der Waals surface area contributed by atoms with Gasteiger partial charge in [-0.3, -0.25) is 4.79 Å². The van der Waals surface area contributed by atoms with Gasteiger partial charge in [0.15, 0.2) is 0 Å². The van der Waals surface area contributed by atoms with Crippen LogP contribution in [0.1, 0.15) is 21.5 Å². The van der Waals surface area contributed by atoms with Crippen molar-refractivity contribution in [1.82, 2.24) is 0 Å². The lowest BCUT2D eigenvalue weighted by Gasteiger charge is -2.10. The molecule has 0 heterocycles. The predicted octanol–water partition coefficient (Wildman–Crippen LogP) is 3.65. The first kappa shape index (κ1) is 14.1. The fourth-order valence-electron chi connectivity index (χ4n) is 1.89. The first-order valence-electron chi connectivity index (χ1n) is 5.78. The maximum absolute atomic E-state index is 13.6. The summed E-state index contributed by atoms with van der Waals surface area (Å²) in [5.41, 5.74) is -0.0377. The number of halogens is 3. The Morgan fingerprint density at radius 3 is 2.20 bits per heavy atom. The molecule has 0 atom stereocenters. The second-order valence-electron chi connectivity index (χ2n) is 4.28.